The van der Waals surface area contributed by atoms with Gasteiger partial charge in [-0.2, -0.15) is 5.10 Å². The second kappa shape index (κ2) is 5.30. The van der Waals surface area contributed by atoms with Gasteiger partial charge in [-0.05, 0) is 19.1 Å². The number of nitrogens with zero attached hydrogens (tertiary/aromatic N) is 3. The van der Waals surface area contributed by atoms with Crippen LogP contribution in [-0.2, 0) is 7.05 Å². The van der Waals surface area contributed by atoms with Crippen LogP contribution in [-0.4, -0.2) is 14.8 Å². The zero-order chi connectivity index (χ0) is 12.1. The molecule has 16 heavy (non-hydrogen) atoms. The Morgan fingerprint density at radius 3 is 2.44 bits per heavy atom. The van der Waals surface area contributed by atoms with E-state index in [1.165, 1.54) is 0 Å². The molecular weight excluding hydrogens is 200 g/mol. The molecule has 0 aliphatic rings. The highest BCUT2D eigenvalue weighted by Gasteiger charge is 2.04. The first-order chi connectivity index (χ1) is 7.66. The molecule has 0 fully saturated rings. The summed E-state index contributed by atoms with van der Waals surface area (Å²) in [5, 5.41) is 4.29. The standard InChI is InChI=1S/C10H12N4.C2H6/c1-7-5-8(3-4-12-7)9-6-10(11)14(2)13-9;1-2/h3-6H,11H2,1-2H3;1-2H3. The maximum atomic E-state index is 5.70. The van der Waals surface area contributed by atoms with Crippen molar-refractivity contribution < 1.29 is 0 Å². The summed E-state index contributed by atoms with van der Waals surface area (Å²) in [5.41, 5.74) is 8.61. The van der Waals surface area contributed by atoms with Crippen molar-refractivity contribution in [2.75, 3.05) is 5.73 Å². The van der Waals surface area contributed by atoms with E-state index in [2.05, 4.69) is 10.1 Å². The lowest BCUT2D eigenvalue weighted by atomic mass is 10.2. The molecular formula is C12H18N4. The fourth-order valence-electron chi connectivity index (χ4n) is 1.33. The maximum Gasteiger partial charge on any atom is 0.121 e. The number of rotatable bonds is 1. The summed E-state index contributed by atoms with van der Waals surface area (Å²) in [4.78, 5) is 4.13. The molecule has 4 nitrogen and oxygen atoms in total. The van der Waals surface area contributed by atoms with E-state index in [0.29, 0.717) is 5.82 Å². The Balaban J connectivity index is 0.000000606. The minimum Gasteiger partial charge on any atom is -0.384 e. The minimum absolute atomic E-state index is 0.662. The smallest absolute Gasteiger partial charge is 0.121 e. The van der Waals surface area contributed by atoms with E-state index in [1.807, 2.05) is 46.0 Å². The minimum atomic E-state index is 0.662. The number of hydrogen-bond acceptors (Lipinski definition) is 3. The number of nitrogen functional groups attached to an aromatic ring is 1. The number of hydrogen-bond donors (Lipinski definition) is 1. The van der Waals surface area contributed by atoms with Crippen LogP contribution in [0.2, 0.25) is 0 Å². The van der Waals surface area contributed by atoms with E-state index in [0.717, 1.165) is 17.0 Å². The first-order valence-electron chi connectivity index (χ1n) is 5.39. The molecule has 0 aliphatic heterocycles. The van der Waals surface area contributed by atoms with Gasteiger partial charge in [-0.15, -0.1) is 0 Å². The molecule has 2 heterocycles. The van der Waals surface area contributed by atoms with Gasteiger partial charge in [0.05, 0.1) is 5.69 Å². The molecule has 2 aromatic heterocycles. The van der Waals surface area contributed by atoms with E-state index >= 15 is 0 Å². The first kappa shape index (κ1) is 12.2. The Labute approximate surface area is 96.1 Å². The number of anilines is 1. The topological polar surface area (TPSA) is 56.7 Å². The van der Waals surface area contributed by atoms with Gasteiger partial charge in [0.15, 0.2) is 0 Å². The quantitative estimate of drug-likeness (QED) is 0.799. The second-order valence-electron chi connectivity index (χ2n) is 3.26. The summed E-state index contributed by atoms with van der Waals surface area (Å²) in [7, 11) is 1.83. The molecule has 86 valence electrons. The van der Waals surface area contributed by atoms with Gasteiger partial charge in [0.1, 0.15) is 5.82 Å². The normalized spacial score (nSPS) is 9.50. The third-order valence-electron chi connectivity index (χ3n) is 2.11. The summed E-state index contributed by atoms with van der Waals surface area (Å²) in [6.45, 7) is 5.95. The van der Waals surface area contributed by atoms with Crippen molar-refractivity contribution in [2.24, 2.45) is 7.05 Å². The molecule has 0 saturated carbocycles. The van der Waals surface area contributed by atoms with Crippen LogP contribution in [0.4, 0.5) is 5.82 Å². The number of aryl methyl sites for hydroxylation is 2. The van der Waals surface area contributed by atoms with E-state index in [4.69, 9.17) is 5.73 Å². The van der Waals surface area contributed by atoms with Gasteiger partial charge >= 0.3 is 0 Å². The maximum absolute atomic E-state index is 5.70. The van der Waals surface area contributed by atoms with E-state index in [1.54, 1.807) is 10.9 Å². The highest BCUT2D eigenvalue weighted by Crippen LogP contribution is 2.19. The average Bonchev–Trinajstić information content (AvgIpc) is 2.62. The largest absolute Gasteiger partial charge is 0.384 e. The zero-order valence-electron chi connectivity index (χ0n) is 10.2. The summed E-state index contributed by atoms with van der Waals surface area (Å²) in [5.74, 6) is 0.662. The third kappa shape index (κ3) is 2.59. The third-order valence-corrected chi connectivity index (χ3v) is 2.11. The van der Waals surface area contributed by atoms with Crippen molar-refractivity contribution in [3.05, 3.63) is 30.1 Å². The summed E-state index contributed by atoms with van der Waals surface area (Å²) >= 11 is 0. The van der Waals surface area contributed by atoms with Crippen LogP contribution in [0, 0.1) is 6.92 Å². The fraction of sp³-hybridized carbons (Fsp3) is 0.333. The Bertz CT molecular complexity index is 440. The van der Waals surface area contributed by atoms with Crippen molar-refractivity contribution >= 4 is 5.82 Å². The molecule has 2 aromatic rings. The van der Waals surface area contributed by atoms with Gasteiger partial charge in [0, 0.05) is 30.6 Å². The van der Waals surface area contributed by atoms with Gasteiger partial charge < -0.3 is 5.73 Å². The Morgan fingerprint density at radius 2 is 1.94 bits per heavy atom. The van der Waals surface area contributed by atoms with Gasteiger partial charge in [-0.3, -0.25) is 9.67 Å². The molecule has 0 saturated heterocycles. The first-order valence-corrected chi connectivity index (χ1v) is 5.39. The predicted molar refractivity (Wildman–Crippen MR) is 66.9 cm³/mol. The van der Waals surface area contributed by atoms with Crippen LogP contribution in [0.15, 0.2) is 24.4 Å². The van der Waals surface area contributed by atoms with E-state index < -0.39 is 0 Å². The van der Waals surface area contributed by atoms with Crippen molar-refractivity contribution in [3.63, 3.8) is 0 Å². The summed E-state index contributed by atoms with van der Waals surface area (Å²) in [6.07, 6.45) is 1.77. The monoisotopic (exact) mass is 218 g/mol. The second-order valence-corrected chi connectivity index (χ2v) is 3.26. The van der Waals surface area contributed by atoms with Crippen molar-refractivity contribution in [3.8, 4) is 11.3 Å². The van der Waals surface area contributed by atoms with Gasteiger partial charge in [0.2, 0.25) is 0 Å². The summed E-state index contributed by atoms with van der Waals surface area (Å²) in [6, 6.07) is 5.77. The molecule has 2 N–H and O–H groups in total. The van der Waals surface area contributed by atoms with Gasteiger partial charge in [0.25, 0.3) is 0 Å². The predicted octanol–water partition coefficient (Wildman–Crippen LogP) is 2.40. The number of aromatic nitrogens is 3. The van der Waals surface area contributed by atoms with Crippen LogP contribution >= 0.6 is 0 Å². The van der Waals surface area contributed by atoms with E-state index in [-0.39, 0.29) is 0 Å². The molecule has 0 aliphatic carbocycles. The SMILES string of the molecule is CC.Cc1cc(-c2cc(N)n(C)n2)ccn1. The average molecular weight is 218 g/mol. The Hall–Kier alpha value is -1.84. The molecule has 0 bridgehead atoms. The van der Waals surface area contributed by atoms with Crippen molar-refractivity contribution in [2.45, 2.75) is 20.8 Å². The Kier molecular flexibility index (Phi) is 4.05. The lowest BCUT2D eigenvalue weighted by Gasteiger charge is -1.96. The molecule has 0 radical (unpaired) electrons. The van der Waals surface area contributed by atoms with Crippen LogP contribution in [0.3, 0.4) is 0 Å². The van der Waals surface area contributed by atoms with Crippen LogP contribution in [0.5, 0.6) is 0 Å². The van der Waals surface area contributed by atoms with E-state index in [9.17, 15) is 0 Å². The van der Waals surface area contributed by atoms with Crippen LogP contribution in [0.1, 0.15) is 19.5 Å². The van der Waals surface area contributed by atoms with Crippen LogP contribution < -0.4 is 5.73 Å². The van der Waals surface area contributed by atoms with Crippen LogP contribution in [0.25, 0.3) is 11.3 Å². The molecule has 0 aromatic carbocycles. The highest BCUT2D eigenvalue weighted by atomic mass is 15.3. The number of nitrogens with two attached hydrogens (primary N) is 1. The lowest BCUT2D eigenvalue weighted by molar-refractivity contribution is 0.782. The van der Waals surface area contributed by atoms with Gasteiger partial charge in [-0.1, -0.05) is 13.8 Å². The molecule has 0 amide bonds. The lowest BCUT2D eigenvalue weighted by Crippen LogP contribution is -1.96. The molecule has 4 heteroatoms. The molecule has 0 atom stereocenters. The molecule has 0 unspecified atom stereocenters. The van der Waals surface area contributed by atoms with Gasteiger partial charge in [-0.25, -0.2) is 0 Å². The Morgan fingerprint density at radius 1 is 1.25 bits per heavy atom. The number of pyridine rings is 1. The molecule has 2 rings (SSSR count). The molecule has 0 spiro atoms. The van der Waals surface area contributed by atoms with Crippen molar-refractivity contribution in [1.82, 2.24) is 14.8 Å². The highest BCUT2D eigenvalue weighted by molar-refractivity contribution is 5.62. The van der Waals surface area contributed by atoms with Crippen molar-refractivity contribution in [1.29, 1.82) is 0 Å². The summed E-state index contributed by atoms with van der Waals surface area (Å²) < 4.78 is 1.66. The zero-order valence-corrected chi connectivity index (χ0v) is 10.2. The fourth-order valence-corrected chi connectivity index (χ4v) is 1.33.